The lowest BCUT2D eigenvalue weighted by Crippen LogP contribution is -2.34. The van der Waals surface area contributed by atoms with Crippen molar-refractivity contribution in [2.45, 2.75) is 90.6 Å². The van der Waals surface area contributed by atoms with E-state index in [4.69, 9.17) is 0 Å². The van der Waals surface area contributed by atoms with Crippen LogP contribution < -0.4 is 0 Å². The lowest BCUT2D eigenvalue weighted by atomic mass is 9.71. The Hall–Kier alpha value is 1.05. The third kappa shape index (κ3) is 2.14. The number of hydrogen-bond acceptors (Lipinski definition) is 3. The van der Waals surface area contributed by atoms with Crippen LogP contribution in [0.5, 0.6) is 0 Å². The summed E-state index contributed by atoms with van der Waals surface area (Å²) in [6.45, 7) is 15.4. The summed E-state index contributed by atoms with van der Waals surface area (Å²) in [5.41, 5.74) is 2.29. The van der Waals surface area contributed by atoms with Crippen LogP contribution in [-0.4, -0.2) is 10.5 Å². The molecule has 0 N–H and O–H groups in total. The van der Waals surface area contributed by atoms with Crippen molar-refractivity contribution in [1.82, 2.24) is 0 Å². The second-order valence-corrected chi connectivity index (χ2v) is 14.9. The Morgan fingerprint density at radius 1 is 0.652 bits per heavy atom. The summed E-state index contributed by atoms with van der Waals surface area (Å²) in [5, 5.41) is 1.77. The van der Waals surface area contributed by atoms with E-state index in [0.717, 1.165) is 22.3 Å². The van der Waals surface area contributed by atoms with E-state index in [2.05, 4.69) is 73.0 Å². The molecule has 0 aromatic carbocycles. The van der Waals surface area contributed by atoms with Gasteiger partial charge in [0.05, 0.1) is 0 Å². The minimum Gasteiger partial charge on any atom is -0.0785 e. The van der Waals surface area contributed by atoms with Gasteiger partial charge in [0.25, 0.3) is 0 Å². The Morgan fingerprint density at radius 2 is 1.04 bits per heavy atom. The first kappa shape index (κ1) is 17.5. The molecule has 3 heteroatoms. The molecule has 6 atom stereocenters. The summed E-state index contributed by atoms with van der Waals surface area (Å²) < 4.78 is 0. The van der Waals surface area contributed by atoms with Gasteiger partial charge in [0, 0.05) is 10.5 Å². The summed E-state index contributed by atoms with van der Waals surface area (Å²) in [5.74, 6) is 1.96. The molecule has 23 heavy (non-hydrogen) atoms. The number of fused-ring (bicyclic) bond motifs is 4. The van der Waals surface area contributed by atoms with Crippen LogP contribution in [0.4, 0.5) is 0 Å². The van der Waals surface area contributed by atoms with Crippen LogP contribution in [0.1, 0.15) is 80.1 Å². The molecule has 0 nitrogen and oxygen atoms in total. The fourth-order valence-electron chi connectivity index (χ4n) is 6.67. The maximum Gasteiger partial charge on any atom is 0.0221 e. The second kappa shape index (κ2) is 5.28. The fraction of sp³-hybridized carbons (Fsp3) is 1.00. The maximum absolute atomic E-state index is 2.59. The quantitative estimate of drug-likeness (QED) is 0.472. The van der Waals surface area contributed by atoms with E-state index in [0.29, 0.717) is 21.7 Å². The number of rotatable bonds is 4. The van der Waals surface area contributed by atoms with E-state index in [1.165, 1.54) is 38.5 Å². The van der Waals surface area contributed by atoms with Crippen molar-refractivity contribution in [3.63, 3.8) is 0 Å². The second-order valence-electron chi connectivity index (χ2n) is 10.5. The van der Waals surface area contributed by atoms with Gasteiger partial charge in [0.1, 0.15) is 0 Å². The first-order valence-electron chi connectivity index (χ1n) is 9.62. The third-order valence-electron chi connectivity index (χ3n) is 9.74. The van der Waals surface area contributed by atoms with E-state index >= 15 is 0 Å². The van der Waals surface area contributed by atoms with Crippen molar-refractivity contribution in [3.8, 4) is 0 Å². The molecule has 0 aromatic heterocycles. The minimum absolute atomic E-state index is 0.566. The van der Waals surface area contributed by atoms with Gasteiger partial charge in [0.15, 0.2) is 0 Å². The molecule has 0 amide bonds. The van der Waals surface area contributed by atoms with Gasteiger partial charge < -0.3 is 0 Å². The Morgan fingerprint density at radius 3 is 1.30 bits per heavy atom. The van der Waals surface area contributed by atoms with Gasteiger partial charge in [-0.2, -0.15) is 0 Å². The van der Waals surface area contributed by atoms with Crippen LogP contribution in [0, 0.1) is 33.5 Å². The molecule has 4 aliphatic rings. The van der Waals surface area contributed by atoms with Gasteiger partial charge in [-0.15, -0.1) is 0 Å². The molecule has 0 heterocycles. The molecule has 4 bridgehead atoms. The van der Waals surface area contributed by atoms with E-state index < -0.39 is 0 Å². The van der Waals surface area contributed by atoms with Crippen LogP contribution in [0.25, 0.3) is 0 Å². The lowest BCUT2D eigenvalue weighted by Gasteiger charge is -2.40. The fourth-order valence-corrected chi connectivity index (χ4v) is 13.4. The highest BCUT2D eigenvalue weighted by Crippen LogP contribution is 2.72. The van der Waals surface area contributed by atoms with E-state index in [9.17, 15) is 0 Å². The Kier molecular flexibility index (Phi) is 4.01. The zero-order valence-electron chi connectivity index (χ0n) is 15.8. The highest BCUT2D eigenvalue weighted by atomic mass is 33.5. The Bertz CT molecular complexity index is 455. The zero-order valence-corrected chi connectivity index (χ0v) is 18.2. The van der Waals surface area contributed by atoms with Crippen LogP contribution in [0.15, 0.2) is 0 Å². The molecular formula is C20H34S3. The van der Waals surface area contributed by atoms with Crippen molar-refractivity contribution in [2.75, 3.05) is 0 Å². The molecule has 4 fully saturated rings. The van der Waals surface area contributed by atoms with E-state index in [1.54, 1.807) is 0 Å². The first-order chi connectivity index (χ1) is 10.6. The van der Waals surface area contributed by atoms with Gasteiger partial charge >= 0.3 is 0 Å². The van der Waals surface area contributed by atoms with E-state index in [1.807, 2.05) is 0 Å². The highest BCUT2D eigenvalue weighted by Gasteiger charge is 2.63. The highest BCUT2D eigenvalue weighted by molar-refractivity contribution is 9.09. The van der Waals surface area contributed by atoms with Crippen molar-refractivity contribution < 1.29 is 0 Å². The smallest absolute Gasteiger partial charge is 0.0221 e. The van der Waals surface area contributed by atoms with Gasteiger partial charge in [-0.1, -0.05) is 63.1 Å². The van der Waals surface area contributed by atoms with Crippen molar-refractivity contribution in [3.05, 3.63) is 0 Å². The van der Waals surface area contributed by atoms with Crippen molar-refractivity contribution >= 4 is 31.4 Å². The first-order valence-corrected chi connectivity index (χ1v) is 13.2. The van der Waals surface area contributed by atoms with Crippen molar-refractivity contribution in [2.24, 2.45) is 33.5 Å². The average molecular weight is 371 g/mol. The largest absolute Gasteiger partial charge is 0.0785 e. The van der Waals surface area contributed by atoms with Crippen molar-refractivity contribution in [1.29, 1.82) is 0 Å². The topological polar surface area (TPSA) is 0 Å². The minimum atomic E-state index is 0.566. The SMILES string of the molecule is CC1(C)C2CCC1(C)C(SSSC1CC3CCC1(C)C3(C)C)C2. The number of hydrogen-bond donors (Lipinski definition) is 0. The average Bonchev–Trinajstić information content (AvgIpc) is 2.98. The maximum atomic E-state index is 2.59. The Labute approximate surface area is 155 Å². The van der Waals surface area contributed by atoms with Crippen LogP contribution in [0.2, 0.25) is 0 Å². The third-order valence-corrected chi connectivity index (χ3v) is 15.1. The van der Waals surface area contributed by atoms with Gasteiger partial charge in [-0.05, 0) is 81.8 Å². The van der Waals surface area contributed by atoms with Crippen LogP contribution in [-0.2, 0) is 0 Å². The molecule has 0 saturated heterocycles. The summed E-state index contributed by atoms with van der Waals surface area (Å²) in [7, 11) is 6.64. The summed E-state index contributed by atoms with van der Waals surface area (Å²) >= 11 is 0. The zero-order chi connectivity index (χ0) is 16.7. The molecule has 0 aliphatic heterocycles. The van der Waals surface area contributed by atoms with Gasteiger partial charge in [0.2, 0.25) is 0 Å². The summed E-state index contributed by atoms with van der Waals surface area (Å²) in [4.78, 5) is 0. The molecule has 0 spiro atoms. The lowest BCUT2D eigenvalue weighted by molar-refractivity contribution is 0.157. The monoisotopic (exact) mass is 370 g/mol. The Balaban J connectivity index is 1.36. The molecule has 0 aromatic rings. The molecular weight excluding hydrogens is 336 g/mol. The van der Waals surface area contributed by atoms with Crippen LogP contribution >= 0.6 is 31.4 Å². The van der Waals surface area contributed by atoms with Crippen LogP contribution in [0.3, 0.4) is 0 Å². The molecule has 6 unspecified atom stereocenters. The predicted molar refractivity (Wildman–Crippen MR) is 109 cm³/mol. The van der Waals surface area contributed by atoms with E-state index in [-0.39, 0.29) is 0 Å². The molecule has 4 aliphatic carbocycles. The normalized spacial score (nSPS) is 52.4. The standard InChI is InChI=1S/C20H34S3/c1-17(2)13-7-9-19(17,5)15(11-13)21-23-22-16-12-14-8-10-20(16,6)18(14,3)4/h13-16H,7-12H2,1-6H3. The van der Waals surface area contributed by atoms with Gasteiger partial charge in [-0.3, -0.25) is 0 Å². The summed E-state index contributed by atoms with van der Waals surface area (Å²) in [6, 6.07) is 0. The molecule has 132 valence electrons. The molecule has 0 radical (unpaired) electrons. The summed E-state index contributed by atoms with van der Waals surface area (Å²) in [6.07, 6.45) is 8.83. The molecule has 4 saturated carbocycles. The molecule has 4 rings (SSSR count). The predicted octanol–water partition coefficient (Wildman–Crippen LogP) is 7.45. The van der Waals surface area contributed by atoms with Gasteiger partial charge in [-0.25, -0.2) is 0 Å².